The van der Waals surface area contributed by atoms with Gasteiger partial charge in [0.25, 0.3) is 0 Å². The van der Waals surface area contributed by atoms with Gasteiger partial charge < -0.3 is 30.6 Å². The second-order valence-corrected chi connectivity index (χ2v) is 11.2. The van der Waals surface area contributed by atoms with E-state index in [1.807, 2.05) is 6.92 Å². The van der Waals surface area contributed by atoms with E-state index < -0.39 is 12.0 Å². The second-order valence-electron chi connectivity index (χ2n) is 10.8. The highest BCUT2D eigenvalue weighted by molar-refractivity contribution is 6.33. The first-order valence-electron chi connectivity index (χ1n) is 13.1. The first kappa shape index (κ1) is 29.2. The summed E-state index contributed by atoms with van der Waals surface area (Å²) in [5.41, 5.74) is 1.86. The zero-order chi connectivity index (χ0) is 28.5. The Labute approximate surface area is 232 Å². The van der Waals surface area contributed by atoms with Gasteiger partial charge in [0.15, 0.2) is 5.82 Å². The third-order valence-corrected chi connectivity index (χ3v) is 7.88. The van der Waals surface area contributed by atoms with Crippen LogP contribution < -0.4 is 15.0 Å². The van der Waals surface area contributed by atoms with Crippen LogP contribution >= 0.6 is 11.6 Å². The Morgan fingerprint density at radius 1 is 1.21 bits per heavy atom. The van der Waals surface area contributed by atoms with E-state index in [0.29, 0.717) is 71.5 Å². The molecule has 1 saturated heterocycles. The number of hydrogen-bond donors (Lipinski definition) is 4. The molecule has 8 nitrogen and oxygen atoms in total. The second kappa shape index (κ2) is 11.3. The van der Waals surface area contributed by atoms with Crippen LogP contribution in [0, 0.1) is 17.7 Å². The maximum absolute atomic E-state index is 13.8. The molecule has 4 N–H and O–H groups in total. The molecule has 2 fully saturated rings. The van der Waals surface area contributed by atoms with Crippen LogP contribution in [0.3, 0.4) is 0 Å². The molecule has 2 aliphatic rings. The van der Waals surface area contributed by atoms with E-state index in [1.165, 1.54) is 6.92 Å². The molecule has 212 valence electrons. The molecule has 1 aliphatic heterocycles. The average molecular weight is 564 g/mol. The molecule has 0 unspecified atom stereocenters. The first-order valence-corrected chi connectivity index (χ1v) is 13.4. The summed E-state index contributed by atoms with van der Waals surface area (Å²) >= 11 is 6.58. The molecule has 0 radical (unpaired) electrons. The van der Waals surface area contributed by atoms with Gasteiger partial charge in [-0.3, -0.25) is 0 Å². The Kier molecular flexibility index (Phi) is 8.49. The summed E-state index contributed by atoms with van der Waals surface area (Å²) in [4.78, 5) is 11.6. The van der Waals surface area contributed by atoms with Gasteiger partial charge in [0, 0.05) is 54.7 Å². The van der Waals surface area contributed by atoms with E-state index in [0.717, 1.165) is 0 Å². The van der Waals surface area contributed by atoms with Crippen molar-refractivity contribution in [2.75, 3.05) is 38.2 Å². The van der Waals surface area contributed by atoms with Crippen molar-refractivity contribution in [3.63, 3.8) is 0 Å². The molecule has 0 amide bonds. The van der Waals surface area contributed by atoms with Crippen molar-refractivity contribution in [2.45, 2.75) is 58.5 Å². The lowest BCUT2D eigenvalue weighted by Crippen LogP contribution is -2.59. The van der Waals surface area contributed by atoms with E-state index >= 15 is 0 Å². The fourth-order valence-corrected chi connectivity index (χ4v) is 5.63. The summed E-state index contributed by atoms with van der Waals surface area (Å²) in [5, 5.41) is 32.0. The first-order chi connectivity index (χ1) is 18.3. The number of rotatable bonds is 9. The summed E-state index contributed by atoms with van der Waals surface area (Å²) in [7, 11) is 1.74. The predicted octanol–water partition coefficient (Wildman–Crippen LogP) is 5.41. The Bertz CT molecular complexity index is 1260. The average Bonchev–Trinajstić information content (AvgIpc) is 2.84. The normalized spacial score (nSPS) is 19.3. The smallest absolute Gasteiger partial charge is 0.248 e. The Morgan fingerprint density at radius 2 is 1.87 bits per heavy atom. The van der Waals surface area contributed by atoms with Gasteiger partial charge in [0.05, 0.1) is 16.3 Å². The van der Waals surface area contributed by atoms with Crippen LogP contribution in [0.2, 0.25) is 5.02 Å². The van der Waals surface area contributed by atoms with E-state index in [9.17, 15) is 19.0 Å². The van der Waals surface area contributed by atoms with Gasteiger partial charge in [-0.25, -0.2) is 18.7 Å². The lowest BCUT2D eigenvalue weighted by Gasteiger charge is -2.54. The molecule has 1 spiro atoms. The van der Waals surface area contributed by atoms with Crippen LogP contribution in [-0.2, 0) is 0 Å². The third-order valence-electron chi connectivity index (χ3n) is 7.55. The molecule has 39 heavy (non-hydrogen) atoms. The zero-order valence-electron chi connectivity index (χ0n) is 22.7. The van der Waals surface area contributed by atoms with Gasteiger partial charge in [-0.1, -0.05) is 11.6 Å². The summed E-state index contributed by atoms with van der Waals surface area (Å²) < 4.78 is 33.4. The third kappa shape index (κ3) is 6.34. The Morgan fingerprint density at radius 3 is 2.46 bits per heavy atom. The van der Waals surface area contributed by atoms with Crippen LogP contribution in [0.4, 0.5) is 14.6 Å². The van der Waals surface area contributed by atoms with Crippen molar-refractivity contribution in [2.24, 2.45) is 5.41 Å². The minimum Gasteiger partial charge on any atom is -0.512 e. The van der Waals surface area contributed by atoms with Gasteiger partial charge >= 0.3 is 0 Å². The number of nitrogens with one attached hydrogen (secondary N) is 2. The number of ether oxygens (including phenoxy) is 1. The molecular formula is C28H36ClF2N5O3. The summed E-state index contributed by atoms with van der Waals surface area (Å²) in [6.45, 7) is 6.57. The molecule has 11 heteroatoms. The number of likely N-dealkylation sites (N-methyl/N-ethyl adjacent to an activating group) is 1. The van der Waals surface area contributed by atoms with Gasteiger partial charge in [-0.15, -0.1) is 0 Å². The van der Waals surface area contributed by atoms with Gasteiger partial charge in [0.1, 0.15) is 30.0 Å². The van der Waals surface area contributed by atoms with Crippen molar-refractivity contribution >= 4 is 28.7 Å². The Hall–Kier alpha value is -2.82. The van der Waals surface area contributed by atoms with Crippen molar-refractivity contribution in [3.05, 3.63) is 40.2 Å². The molecule has 2 aromatic rings. The van der Waals surface area contributed by atoms with E-state index in [4.69, 9.17) is 31.7 Å². The zero-order valence-corrected chi connectivity index (χ0v) is 23.5. The standard InChI is InChI=1S/C28H36ClF2N5O3/c1-16-24(23(17(2)32)18(3)37)34-25(21-11-20(5-6-22(21)29)39-13-19(38)12-33-4)35-26(16)36-14-27(15-36)7-9-28(30,31)10-8-27/h5-6,11,19,32-33,37-38H,7-10,12-15H2,1-4H3/b23-18+,32-17?/t19-/m1/s1. The molecule has 1 aliphatic carbocycles. The maximum atomic E-state index is 13.8. The monoisotopic (exact) mass is 563 g/mol. The Balaban J connectivity index is 1.73. The topological polar surface area (TPSA) is 115 Å². The molecule has 1 saturated carbocycles. The van der Waals surface area contributed by atoms with Crippen LogP contribution in [0.5, 0.6) is 5.75 Å². The highest BCUT2D eigenvalue weighted by Gasteiger charge is 2.50. The van der Waals surface area contributed by atoms with Crippen molar-refractivity contribution in [3.8, 4) is 17.1 Å². The number of aromatic nitrogens is 2. The lowest BCUT2D eigenvalue weighted by atomic mass is 9.67. The predicted molar refractivity (Wildman–Crippen MR) is 149 cm³/mol. The quantitative estimate of drug-likeness (QED) is 0.238. The van der Waals surface area contributed by atoms with Gasteiger partial charge in [0.2, 0.25) is 5.92 Å². The van der Waals surface area contributed by atoms with Crippen LogP contribution in [0.25, 0.3) is 17.0 Å². The number of aliphatic hydroxyl groups excluding tert-OH is 2. The highest BCUT2D eigenvalue weighted by Crippen LogP contribution is 2.50. The summed E-state index contributed by atoms with van der Waals surface area (Å²) in [6, 6.07) is 5.05. The molecular weight excluding hydrogens is 528 g/mol. The number of hydrogen-bond acceptors (Lipinski definition) is 8. The van der Waals surface area contributed by atoms with Crippen molar-refractivity contribution in [1.29, 1.82) is 5.41 Å². The van der Waals surface area contributed by atoms with Crippen molar-refractivity contribution < 1.29 is 23.7 Å². The number of anilines is 1. The summed E-state index contributed by atoms with van der Waals surface area (Å²) in [5.74, 6) is -1.26. The SMILES string of the molecule is CNC[C@@H](O)COc1ccc(Cl)c(-c2nc(/C(C(C)=N)=C(\C)O)c(C)c(N3CC4(CCC(F)(F)CC4)C3)n2)c1. The van der Waals surface area contributed by atoms with Crippen LogP contribution in [0.15, 0.2) is 24.0 Å². The largest absolute Gasteiger partial charge is 0.512 e. The molecule has 2 heterocycles. The van der Waals surface area contributed by atoms with Crippen LogP contribution in [-0.4, -0.2) is 71.2 Å². The summed E-state index contributed by atoms with van der Waals surface area (Å²) in [6.07, 6.45) is 0.0263. The minimum atomic E-state index is -2.59. The van der Waals surface area contributed by atoms with Crippen molar-refractivity contribution in [1.82, 2.24) is 15.3 Å². The number of halogens is 3. The van der Waals surface area contributed by atoms with Gasteiger partial charge in [-0.2, -0.15) is 0 Å². The van der Waals surface area contributed by atoms with E-state index in [-0.39, 0.29) is 42.2 Å². The number of benzene rings is 1. The van der Waals surface area contributed by atoms with Crippen LogP contribution in [0.1, 0.15) is 50.8 Å². The number of alkyl halides is 2. The maximum Gasteiger partial charge on any atom is 0.248 e. The molecule has 4 rings (SSSR count). The van der Waals surface area contributed by atoms with E-state index in [2.05, 4.69) is 10.2 Å². The minimum absolute atomic E-state index is 0.0440. The molecule has 0 bridgehead atoms. The highest BCUT2D eigenvalue weighted by atomic mass is 35.5. The molecule has 1 atom stereocenters. The molecule has 1 aromatic carbocycles. The van der Waals surface area contributed by atoms with Gasteiger partial charge in [-0.05, 0) is 58.9 Å². The number of aliphatic hydroxyl groups is 2. The lowest BCUT2D eigenvalue weighted by molar-refractivity contribution is -0.0731. The molecule has 1 aromatic heterocycles. The fourth-order valence-electron chi connectivity index (χ4n) is 5.42. The van der Waals surface area contributed by atoms with E-state index in [1.54, 1.807) is 32.2 Å². The number of nitrogens with zero attached hydrogens (tertiary/aromatic N) is 3. The number of allylic oxidation sites excluding steroid dienone is 2. The fraction of sp³-hybridized carbons (Fsp3) is 0.536.